The lowest BCUT2D eigenvalue weighted by Crippen LogP contribution is -2.41. The molecule has 3 aromatic rings. The Labute approximate surface area is 189 Å². The number of carbonyl (C=O) groups is 1. The van der Waals surface area contributed by atoms with Crippen molar-refractivity contribution in [1.82, 2.24) is 4.90 Å². The third kappa shape index (κ3) is 4.58. The molecule has 2 unspecified atom stereocenters. The van der Waals surface area contributed by atoms with Crippen LogP contribution in [0.4, 0.5) is 0 Å². The molecule has 0 bridgehead atoms. The maximum absolute atomic E-state index is 11.8. The number of hydrogen-bond donors (Lipinski definition) is 1. The molecule has 2 atom stereocenters. The number of rotatable bonds is 8. The fourth-order valence-electron chi connectivity index (χ4n) is 4.76. The van der Waals surface area contributed by atoms with E-state index in [1.54, 1.807) is 0 Å². The molecule has 1 heterocycles. The van der Waals surface area contributed by atoms with Crippen LogP contribution in [0.1, 0.15) is 43.9 Å². The highest BCUT2D eigenvalue weighted by atomic mass is 16.5. The molecular weight excluding hydrogens is 402 g/mol. The quantitative estimate of drug-likeness (QED) is 0.507. The van der Waals surface area contributed by atoms with Gasteiger partial charge in [0, 0.05) is 6.54 Å². The van der Waals surface area contributed by atoms with Crippen molar-refractivity contribution in [1.29, 1.82) is 0 Å². The molecule has 0 saturated carbocycles. The minimum Gasteiger partial charge on any atom is -0.490 e. The number of aliphatic carboxylic acids is 1. The number of carboxylic acids is 1. The van der Waals surface area contributed by atoms with E-state index in [1.165, 1.54) is 16.3 Å². The monoisotopic (exact) mass is 433 g/mol. The van der Waals surface area contributed by atoms with Crippen LogP contribution in [0.15, 0.2) is 60.7 Å². The number of fused-ring (bicyclic) bond motifs is 1. The fraction of sp³-hybridized carbons (Fsp3) is 0.370. The first-order chi connectivity index (χ1) is 15.6. The maximum atomic E-state index is 11.8. The molecule has 0 amide bonds. The topological polar surface area (TPSA) is 59.0 Å². The minimum atomic E-state index is -0.715. The van der Waals surface area contributed by atoms with Crippen LogP contribution in [-0.2, 0) is 4.79 Å². The summed E-state index contributed by atoms with van der Waals surface area (Å²) in [5, 5.41) is 12.1. The van der Waals surface area contributed by atoms with E-state index in [0.29, 0.717) is 19.8 Å². The molecule has 1 aliphatic rings. The van der Waals surface area contributed by atoms with Crippen LogP contribution in [0.5, 0.6) is 11.5 Å². The van der Waals surface area contributed by atoms with Crippen molar-refractivity contribution in [3.8, 4) is 11.5 Å². The van der Waals surface area contributed by atoms with Gasteiger partial charge in [-0.15, -0.1) is 0 Å². The summed E-state index contributed by atoms with van der Waals surface area (Å²) < 4.78 is 11.7. The van der Waals surface area contributed by atoms with Gasteiger partial charge in [-0.2, -0.15) is 0 Å². The van der Waals surface area contributed by atoms with Gasteiger partial charge in [-0.05, 0) is 67.3 Å². The second-order valence-corrected chi connectivity index (χ2v) is 8.22. The standard InChI is InChI=1S/C27H31NO4/c1-3-31-24-15-14-20(17-25(24)32-4-2)26(28-16-8-11-21(18-28)27(29)30)23-13-7-10-19-9-5-6-12-22(19)23/h5-7,9-10,12-15,17,21,26H,3-4,8,11,16,18H2,1-2H3,(H,29,30). The van der Waals surface area contributed by atoms with Crippen LogP contribution in [0.25, 0.3) is 10.8 Å². The average molecular weight is 434 g/mol. The van der Waals surface area contributed by atoms with Crippen LogP contribution >= 0.6 is 0 Å². The van der Waals surface area contributed by atoms with E-state index in [1.807, 2.05) is 26.0 Å². The van der Waals surface area contributed by atoms with E-state index in [4.69, 9.17) is 9.47 Å². The molecule has 0 aromatic heterocycles. The number of piperidine rings is 1. The van der Waals surface area contributed by atoms with Gasteiger partial charge in [0.05, 0.1) is 25.2 Å². The lowest BCUT2D eigenvalue weighted by atomic mass is 9.89. The number of likely N-dealkylation sites (tertiary alicyclic amines) is 1. The highest BCUT2D eigenvalue weighted by Crippen LogP contribution is 2.39. The molecule has 1 saturated heterocycles. The summed E-state index contributed by atoms with van der Waals surface area (Å²) >= 11 is 0. The zero-order valence-corrected chi connectivity index (χ0v) is 18.8. The Morgan fingerprint density at radius 3 is 2.56 bits per heavy atom. The Balaban J connectivity index is 1.84. The van der Waals surface area contributed by atoms with Crippen LogP contribution in [-0.4, -0.2) is 42.3 Å². The van der Waals surface area contributed by atoms with Gasteiger partial charge in [-0.3, -0.25) is 9.69 Å². The zero-order chi connectivity index (χ0) is 22.5. The number of nitrogens with zero attached hydrogens (tertiary/aromatic N) is 1. The van der Waals surface area contributed by atoms with Crippen molar-refractivity contribution < 1.29 is 19.4 Å². The van der Waals surface area contributed by atoms with Crippen molar-refractivity contribution in [2.24, 2.45) is 5.92 Å². The predicted molar refractivity (Wildman–Crippen MR) is 127 cm³/mol. The maximum Gasteiger partial charge on any atom is 0.307 e. The van der Waals surface area contributed by atoms with E-state index in [0.717, 1.165) is 36.4 Å². The Morgan fingerprint density at radius 2 is 1.78 bits per heavy atom. The molecule has 1 N–H and O–H groups in total. The summed E-state index contributed by atoms with van der Waals surface area (Å²) in [6.07, 6.45) is 1.59. The third-order valence-corrected chi connectivity index (χ3v) is 6.17. The van der Waals surface area contributed by atoms with E-state index >= 15 is 0 Å². The number of benzene rings is 3. The molecule has 1 fully saturated rings. The SMILES string of the molecule is CCOc1ccc(C(c2cccc3ccccc23)N2CCCC(C(=O)O)C2)cc1OCC. The molecule has 5 heteroatoms. The van der Waals surface area contributed by atoms with Gasteiger partial charge in [0.25, 0.3) is 0 Å². The van der Waals surface area contributed by atoms with Crippen LogP contribution < -0.4 is 9.47 Å². The summed E-state index contributed by atoms with van der Waals surface area (Å²) in [5.74, 6) is 0.393. The van der Waals surface area contributed by atoms with Crippen molar-refractivity contribution in [3.63, 3.8) is 0 Å². The summed E-state index contributed by atoms with van der Waals surface area (Å²) in [7, 11) is 0. The van der Waals surface area contributed by atoms with Crippen molar-refractivity contribution in [2.75, 3.05) is 26.3 Å². The highest BCUT2D eigenvalue weighted by molar-refractivity contribution is 5.86. The average Bonchev–Trinajstić information content (AvgIpc) is 2.81. The third-order valence-electron chi connectivity index (χ3n) is 6.17. The van der Waals surface area contributed by atoms with Gasteiger partial charge in [-0.1, -0.05) is 48.5 Å². The summed E-state index contributed by atoms with van der Waals surface area (Å²) in [5.41, 5.74) is 2.26. The molecule has 0 aliphatic carbocycles. The molecular formula is C27H31NO4. The molecule has 32 heavy (non-hydrogen) atoms. The zero-order valence-electron chi connectivity index (χ0n) is 18.8. The summed E-state index contributed by atoms with van der Waals surface area (Å²) in [6, 6.07) is 20.8. The fourth-order valence-corrected chi connectivity index (χ4v) is 4.76. The van der Waals surface area contributed by atoms with E-state index in [9.17, 15) is 9.90 Å². The second kappa shape index (κ2) is 10.0. The first-order valence-electron chi connectivity index (χ1n) is 11.5. The Bertz CT molecular complexity index is 1070. The number of hydrogen-bond acceptors (Lipinski definition) is 4. The first-order valence-corrected chi connectivity index (χ1v) is 11.5. The van der Waals surface area contributed by atoms with Crippen molar-refractivity contribution >= 4 is 16.7 Å². The Morgan fingerprint density at radius 1 is 1.03 bits per heavy atom. The van der Waals surface area contributed by atoms with Crippen molar-refractivity contribution in [3.05, 3.63) is 71.8 Å². The largest absolute Gasteiger partial charge is 0.490 e. The van der Waals surface area contributed by atoms with Gasteiger partial charge < -0.3 is 14.6 Å². The van der Waals surface area contributed by atoms with Gasteiger partial charge in [0.15, 0.2) is 11.5 Å². The van der Waals surface area contributed by atoms with Gasteiger partial charge in [0.1, 0.15) is 0 Å². The Hall–Kier alpha value is -3.05. The normalized spacial score (nSPS) is 17.8. The molecule has 168 valence electrons. The lowest BCUT2D eigenvalue weighted by Gasteiger charge is -2.38. The molecule has 1 aliphatic heterocycles. The van der Waals surface area contributed by atoms with Crippen LogP contribution in [0.3, 0.4) is 0 Å². The van der Waals surface area contributed by atoms with Gasteiger partial charge >= 0.3 is 5.97 Å². The lowest BCUT2D eigenvalue weighted by molar-refractivity contribution is -0.143. The molecule has 4 rings (SSSR count). The summed E-state index contributed by atoms with van der Waals surface area (Å²) in [6.45, 7) is 6.43. The van der Waals surface area contributed by atoms with Crippen molar-refractivity contribution in [2.45, 2.75) is 32.7 Å². The summed E-state index contributed by atoms with van der Waals surface area (Å²) in [4.78, 5) is 14.1. The molecule has 5 nitrogen and oxygen atoms in total. The van der Waals surface area contributed by atoms with Crippen LogP contribution in [0, 0.1) is 5.92 Å². The van der Waals surface area contributed by atoms with Crippen LogP contribution in [0.2, 0.25) is 0 Å². The highest BCUT2D eigenvalue weighted by Gasteiger charge is 2.32. The minimum absolute atomic E-state index is 0.0712. The Kier molecular flexibility index (Phi) is 6.96. The number of ether oxygens (including phenoxy) is 2. The second-order valence-electron chi connectivity index (χ2n) is 8.22. The smallest absolute Gasteiger partial charge is 0.307 e. The molecule has 0 radical (unpaired) electrons. The van der Waals surface area contributed by atoms with Gasteiger partial charge in [0.2, 0.25) is 0 Å². The van der Waals surface area contributed by atoms with Gasteiger partial charge in [-0.25, -0.2) is 0 Å². The molecule has 3 aromatic carbocycles. The predicted octanol–water partition coefficient (Wildman–Crippen LogP) is 5.52. The van der Waals surface area contributed by atoms with E-state index < -0.39 is 5.97 Å². The number of carboxylic acid groups (broad SMARTS) is 1. The van der Waals surface area contributed by atoms with E-state index in [-0.39, 0.29) is 12.0 Å². The van der Waals surface area contributed by atoms with E-state index in [2.05, 4.69) is 53.4 Å². The molecule has 0 spiro atoms. The first kappa shape index (κ1) is 22.2.